The van der Waals surface area contributed by atoms with E-state index in [0.717, 1.165) is 19.6 Å². The molecule has 0 aliphatic carbocycles. The van der Waals surface area contributed by atoms with Crippen molar-refractivity contribution in [2.45, 2.75) is 19.6 Å². The van der Waals surface area contributed by atoms with Crippen molar-refractivity contribution in [3.05, 3.63) is 60.7 Å². The predicted octanol–water partition coefficient (Wildman–Crippen LogP) is 4.56. The first kappa shape index (κ1) is 16.4. The largest absolute Gasteiger partial charge is 0.506 e. The average molecular weight is 356 g/mol. The summed E-state index contributed by atoms with van der Waals surface area (Å²) >= 11 is 3.09. The molecule has 6 N–H and O–H groups in total. The monoisotopic (exact) mass is 356 g/mol. The molecule has 0 radical (unpaired) electrons. The van der Waals surface area contributed by atoms with Crippen molar-refractivity contribution in [1.29, 1.82) is 0 Å². The van der Waals surface area contributed by atoms with Crippen molar-refractivity contribution < 1.29 is 10.2 Å². The zero-order valence-electron chi connectivity index (χ0n) is 12.6. The molecule has 3 aromatic carbocycles. The summed E-state index contributed by atoms with van der Waals surface area (Å²) in [6, 6.07) is 18.5. The summed E-state index contributed by atoms with van der Waals surface area (Å²) in [6.45, 7) is 0. The molecule has 6 heteroatoms. The molecule has 3 aromatic rings. The molecule has 0 heterocycles. The molecular weight excluding hydrogens is 340 g/mol. The molecule has 0 fully saturated rings. The zero-order valence-corrected chi connectivity index (χ0v) is 14.3. The summed E-state index contributed by atoms with van der Waals surface area (Å²) < 4.78 is 0. The van der Waals surface area contributed by atoms with Crippen molar-refractivity contribution in [3.63, 3.8) is 0 Å². The topological polar surface area (TPSA) is 92.5 Å². The van der Waals surface area contributed by atoms with Gasteiger partial charge in [0.2, 0.25) is 0 Å². The van der Waals surface area contributed by atoms with E-state index in [1.165, 1.54) is 0 Å². The fourth-order valence-corrected chi connectivity index (χ4v) is 3.94. The van der Waals surface area contributed by atoms with Gasteiger partial charge in [-0.05, 0) is 54.6 Å². The van der Waals surface area contributed by atoms with E-state index in [1.807, 2.05) is 30.3 Å². The second kappa shape index (κ2) is 6.98. The summed E-state index contributed by atoms with van der Waals surface area (Å²) in [6.07, 6.45) is 0. The van der Waals surface area contributed by atoms with E-state index < -0.39 is 0 Å². The molecule has 3 rings (SSSR count). The lowest BCUT2D eigenvalue weighted by Gasteiger charge is -2.07. The van der Waals surface area contributed by atoms with Gasteiger partial charge in [-0.3, -0.25) is 0 Å². The predicted molar refractivity (Wildman–Crippen MR) is 99.7 cm³/mol. The first-order valence-electron chi connectivity index (χ1n) is 7.14. The number of phenols is 2. The van der Waals surface area contributed by atoms with E-state index in [2.05, 4.69) is 6.07 Å². The molecule has 0 saturated carbocycles. The number of aromatic hydroxyl groups is 2. The smallest absolute Gasteiger partial charge is 0.139 e. The third-order valence-corrected chi connectivity index (χ3v) is 5.24. The van der Waals surface area contributed by atoms with Gasteiger partial charge in [0, 0.05) is 19.6 Å². The lowest BCUT2D eigenvalue weighted by Crippen LogP contribution is -1.85. The number of hydrogen-bond donors (Lipinski definition) is 4. The third kappa shape index (κ3) is 3.90. The summed E-state index contributed by atoms with van der Waals surface area (Å²) in [5.41, 5.74) is 12.0. The molecule has 0 aromatic heterocycles. The van der Waals surface area contributed by atoms with E-state index in [4.69, 9.17) is 11.5 Å². The Morgan fingerprint density at radius 3 is 1.42 bits per heavy atom. The fraction of sp³-hybridized carbons (Fsp3) is 0. The summed E-state index contributed by atoms with van der Waals surface area (Å²) in [7, 11) is 0. The van der Waals surface area contributed by atoms with E-state index in [-0.39, 0.29) is 11.5 Å². The van der Waals surface area contributed by atoms with Crippen LogP contribution in [0, 0.1) is 0 Å². The molecule has 0 aliphatic heterocycles. The van der Waals surface area contributed by atoms with E-state index in [9.17, 15) is 10.2 Å². The van der Waals surface area contributed by atoms with Crippen LogP contribution in [-0.2, 0) is 0 Å². The summed E-state index contributed by atoms with van der Waals surface area (Å²) in [5, 5.41) is 19.4. The number of benzene rings is 3. The van der Waals surface area contributed by atoms with Crippen molar-refractivity contribution in [2.75, 3.05) is 11.5 Å². The van der Waals surface area contributed by atoms with E-state index >= 15 is 0 Å². The quantitative estimate of drug-likeness (QED) is 0.404. The Morgan fingerprint density at radius 1 is 0.583 bits per heavy atom. The van der Waals surface area contributed by atoms with Gasteiger partial charge in [-0.15, -0.1) is 0 Å². The molecule has 122 valence electrons. The molecule has 24 heavy (non-hydrogen) atoms. The summed E-state index contributed by atoms with van der Waals surface area (Å²) in [4.78, 5) is 3.91. The number of nitrogen functional groups attached to an aromatic ring is 2. The Balaban J connectivity index is 1.78. The van der Waals surface area contributed by atoms with Crippen LogP contribution >= 0.6 is 23.5 Å². The van der Waals surface area contributed by atoms with Gasteiger partial charge in [0.25, 0.3) is 0 Å². The van der Waals surface area contributed by atoms with Gasteiger partial charge in [-0.1, -0.05) is 29.6 Å². The van der Waals surface area contributed by atoms with Gasteiger partial charge in [0.15, 0.2) is 0 Å². The Hall–Kier alpha value is -2.44. The highest BCUT2D eigenvalue weighted by atomic mass is 32.2. The minimum Gasteiger partial charge on any atom is -0.506 e. The number of rotatable bonds is 4. The van der Waals surface area contributed by atoms with Crippen molar-refractivity contribution in [1.82, 2.24) is 0 Å². The lowest BCUT2D eigenvalue weighted by molar-refractivity contribution is 0.476. The van der Waals surface area contributed by atoms with Crippen LogP contribution in [0.2, 0.25) is 0 Å². The molecule has 0 amide bonds. The minimum atomic E-state index is 0.0860. The van der Waals surface area contributed by atoms with Gasteiger partial charge in [-0.25, -0.2) is 0 Å². The second-order valence-corrected chi connectivity index (χ2v) is 7.41. The van der Waals surface area contributed by atoms with Crippen LogP contribution in [0.1, 0.15) is 0 Å². The van der Waals surface area contributed by atoms with Gasteiger partial charge >= 0.3 is 0 Å². The number of hydrogen-bond acceptors (Lipinski definition) is 6. The van der Waals surface area contributed by atoms with Gasteiger partial charge < -0.3 is 21.7 Å². The molecule has 0 saturated heterocycles. The molecule has 4 nitrogen and oxygen atoms in total. The van der Waals surface area contributed by atoms with E-state index in [0.29, 0.717) is 11.4 Å². The lowest BCUT2D eigenvalue weighted by atomic mass is 10.3. The van der Waals surface area contributed by atoms with Crippen LogP contribution in [-0.4, -0.2) is 10.2 Å². The van der Waals surface area contributed by atoms with Crippen LogP contribution < -0.4 is 11.5 Å². The Kier molecular flexibility index (Phi) is 4.78. The van der Waals surface area contributed by atoms with Crippen molar-refractivity contribution >= 4 is 34.9 Å². The maximum atomic E-state index is 9.70. The summed E-state index contributed by atoms with van der Waals surface area (Å²) in [5.74, 6) is 0.172. The molecule has 0 aliphatic rings. The SMILES string of the molecule is Nc1ccc(Sc2cccc(Sc3ccc(N)c(O)c3)c2)cc1O. The number of nitrogens with two attached hydrogens (primary N) is 2. The Bertz CT molecular complexity index is 816. The molecule has 0 bridgehead atoms. The highest BCUT2D eigenvalue weighted by Gasteiger charge is 2.05. The number of anilines is 2. The third-order valence-electron chi connectivity index (χ3n) is 3.28. The van der Waals surface area contributed by atoms with Gasteiger partial charge in [0.05, 0.1) is 11.4 Å². The van der Waals surface area contributed by atoms with Crippen LogP contribution in [0.15, 0.2) is 80.2 Å². The normalized spacial score (nSPS) is 10.7. The first-order chi connectivity index (χ1) is 11.5. The second-order valence-electron chi connectivity index (χ2n) is 5.12. The van der Waals surface area contributed by atoms with E-state index in [1.54, 1.807) is 47.8 Å². The Morgan fingerprint density at radius 2 is 1.00 bits per heavy atom. The Labute approximate surface area is 148 Å². The van der Waals surface area contributed by atoms with Crippen LogP contribution in [0.5, 0.6) is 11.5 Å². The molecule has 0 atom stereocenters. The fourth-order valence-electron chi connectivity index (χ4n) is 2.05. The van der Waals surface area contributed by atoms with Gasteiger partial charge in [0.1, 0.15) is 11.5 Å². The molecule has 0 unspecified atom stereocenters. The van der Waals surface area contributed by atoms with Crippen LogP contribution in [0.3, 0.4) is 0 Å². The standard InChI is InChI=1S/C18H16N2O2S2/c19-15-6-4-13(9-17(15)21)23-11-2-1-3-12(8-11)24-14-5-7-16(20)18(22)10-14/h1-10,21-22H,19-20H2. The average Bonchev–Trinajstić information content (AvgIpc) is 2.55. The maximum Gasteiger partial charge on any atom is 0.139 e. The molecule has 0 spiro atoms. The number of phenolic OH excluding ortho intramolecular Hbond substituents is 2. The first-order valence-corrected chi connectivity index (χ1v) is 8.77. The van der Waals surface area contributed by atoms with Gasteiger partial charge in [-0.2, -0.15) is 0 Å². The van der Waals surface area contributed by atoms with Crippen molar-refractivity contribution in [3.8, 4) is 11.5 Å². The minimum absolute atomic E-state index is 0.0860. The van der Waals surface area contributed by atoms with Crippen molar-refractivity contribution in [2.24, 2.45) is 0 Å². The zero-order chi connectivity index (χ0) is 17.1. The highest BCUT2D eigenvalue weighted by molar-refractivity contribution is 8.00. The highest BCUT2D eigenvalue weighted by Crippen LogP contribution is 2.37. The van der Waals surface area contributed by atoms with Crippen LogP contribution in [0.25, 0.3) is 0 Å². The molecular formula is C18H16N2O2S2. The van der Waals surface area contributed by atoms with Crippen LogP contribution in [0.4, 0.5) is 11.4 Å². The maximum absolute atomic E-state index is 9.70.